The lowest BCUT2D eigenvalue weighted by atomic mass is 9.78. The normalized spacial score (nSPS) is 22.5. The molecule has 0 radical (unpaired) electrons. The molecule has 1 saturated heterocycles. The molecule has 1 aromatic carbocycles. The van der Waals surface area contributed by atoms with Crippen molar-refractivity contribution in [2.24, 2.45) is 0 Å². The molecule has 1 aliphatic carbocycles. The average Bonchev–Trinajstić information content (AvgIpc) is 2.98. The van der Waals surface area contributed by atoms with Crippen molar-refractivity contribution >= 4 is 27.6 Å². The van der Waals surface area contributed by atoms with E-state index in [1.165, 1.54) is 22.5 Å². The van der Waals surface area contributed by atoms with Crippen LogP contribution < -0.4 is 5.73 Å². The molecule has 1 spiro atoms. The summed E-state index contributed by atoms with van der Waals surface area (Å²) in [6.45, 7) is 0.769. The number of hydrogen-bond acceptors (Lipinski definition) is 6. The van der Waals surface area contributed by atoms with Crippen molar-refractivity contribution in [3.8, 4) is 6.07 Å². The third-order valence-electron chi connectivity index (χ3n) is 5.48. The molecule has 2 heterocycles. The van der Waals surface area contributed by atoms with Crippen LogP contribution in [0.25, 0.3) is 0 Å². The standard InChI is InChI=1S/C18H18ClN5O2S/c19-14-8-12(9-20)2-3-15(14)27(25,26)24-7-1-5-18(11-24)6-4-13-10-22-17(21)23-16(13)18/h2-3,8,10H,1,4-7,11H2,(H2,21,22,23). The molecule has 27 heavy (non-hydrogen) atoms. The topological polar surface area (TPSA) is 113 Å². The van der Waals surface area contributed by atoms with Crippen LogP contribution in [-0.2, 0) is 21.9 Å². The fraction of sp³-hybridized carbons (Fsp3) is 0.389. The van der Waals surface area contributed by atoms with E-state index >= 15 is 0 Å². The van der Waals surface area contributed by atoms with Crippen LogP contribution in [0.15, 0.2) is 29.3 Å². The Morgan fingerprint density at radius 2 is 2.15 bits per heavy atom. The van der Waals surface area contributed by atoms with Crippen LogP contribution >= 0.6 is 11.6 Å². The number of anilines is 1. The fourth-order valence-electron chi connectivity index (χ4n) is 4.17. The van der Waals surface area contributed by atoms with Gasteiger partial charge in [0.25, 0.3) is 0 Å². The Morgan fingerprint density at radius 3 is 2.89 bits per heavy atom. The maximum Gasteiger partial charge on any atom is 0.244 e. The van der Waals surface area contributed by atoms with E-state index in [-0.39, 0.29) is 21.3 Å². The predicted octanol–water partition coefficient (Wildman–Crippen LogP) is 2.25. The Kier molecular flexibility index (Phi) is 4.34. The van der Waals surface area contributed by atoms with Gasteiger partial charge < -0.3 is 5.73 Å². The molecule has 0 amide bonds. The van der Waals surface area contributed by atoms with E-state index in [9.17, 15) is 8.42 Å². The van der Waals surface area contributed by atoms with Crippen LogP contribution in [0.3, 0.4) is 0 Å². The zero-order chi connectivity index (χ0) is 19.2. The van der Waals surface area contributed by atoms with Gasteiger partial charge in [0.05, 0.1) is 22.3 Å². The van der Waals surface area contributed by atoms with Gasteiger partial charge in [-0.3, -0.25) is 0 Å². The first-order valence-corrected chi connectivity index (χ1v) is 10.5. The number of hydrogen-bond donors (Lipinski definition) is 1. The third kappa shape index (κ3) is 2.96. The summed E-state index contributed by atoms with van der Waals surface area (Å²) in [6, 6.07) is 6.22. The number of nitrogens with zero attached hydrogens (tertiary/aromatic N) is 4. The van der Waals surface area contributed by atoms with Crippen LogP contribution in [0, 0.1) is 11.3 Å². The number of halogens is 1. The second-order valence-corrected chi connectivity index (χ2v) is 9.40. The second-order valence-electron chi connectivity index (χ2n) is 7.08. The highest BCUT2D eigenvalue weighted by Gasteiger charge is 2.46. The minimum atomic E-state index is -3.78. The lowest BCUT2D eigenvalue weighted by Crippen LogP contribution is -2.47. The minimum Gasteiger partial charge on any atom is -0.368 e. The summed E-state index contributed by atoms with van der Waals surface area (Å²) in [4.78, 5) is 8.53. The first kappa shape index (κ1) is 18.2. The van der Waals surface area contributed by atoms with Crippen LogP contribution in [-0.4, -0.2) is 35.8 Å². The van der Waals surface area contributed by atoms with Gasteiger partial charge in [0.1, 0.15) is 4.90 Å². The Labute approximate surface area is 162 Å². The average molecular weight is 404 g/mol. The fourth-order valence-corrected chi connectivity index (χ4v) is 6.25. The Hall–Kier alpha value is -2.21. The van der Waals surface area contributed by atoms with E-state index in [0.717, 1.165) is 36.9 Å². The number of sulfonamides is 1. The van der Waals surface area contributed by atoms with E-state index in [1.54, 1.807) is 6.20 Å². The zero-order valence-corrected chi connectivity index (χ0v) is 16.1. The first-order valence-electron chi connectivity index (χ1n) is 8.67. The molecular formula is C18H18ClN5O2S. The number of nitrogens with two attached hydrogens (primary N) is 1. The number of rotatable bonds is 2. The van der Waals surface area contributed by atoms with Crippen molar-refractivity contribution in [1.82, 2.24) is 14.3 Å². The zero-order valence-electron chi connectivity index (χ0n) is 14.5. The van der Waals surface area contributed by atoms with Crippen LogP contribution in [0.4, 0.5) is 5.95 Å². The highest BCUT2D eigenvalue weighted by atomic mass is 35.5. The van der Waals surface area contributed by atoms with Crippen molar-refractivity contribution in [3.05, 3.63) is 46.2 Å². The molecule has 2 aromatic rings. The second kappa shape index (κ2) is 6.44. The van der Waals surface area contributed by atoms with Gasteiger partial charge in [0, 0.05) is 24.7 Å². The summed E-state index contributed by atoms with van der Waals surface area (Å²) >= 11 is 6.17. The van der Waals surface area contributed by atoms with Crippen molar-refractivity contribution in [2.75, 3.05) is 18.8 Å². The molecule has 7 nitrogen and oxygen atoms in total. The van der Waals surface area contributed by atoms with E-state index in [1.807, 2.05) is 6.07 Å². The molecule has 0 saturated carbocycles. The largest absolute Gasteiger partial charge is 0.368 e. The Morgan fingerprint density at radius 1 is 1.33 bits per heavy atom. The summed E-state index contributed by atoms with van der Waals surface area (Å²) in [5.41, 5.74) is 7.69. The number of benzene rings is 1. The molecule has 1 atom stereocenters. The van der Waals surface area contributed by atoms with Crippen LogP contribution in [0.5, 0.6) is 0 Å². The summed E-state index contributed by atoms with van der Waals surface area (Å²) in [5.74, 6) is 0.213. The summed E-state index contributed by atoms with van der Waals surface area (Å²) in [5, 5.41) is 9.03. The molecule has 0 bridgehead atoms. The highest BCUT2D eigenvalue weighted by molar-refractivity contribution is 7.89. The van der Waals surface area contributed by atoms with Gasteiger partial charge in [0.15, 0.2) is 0 Å². The van der Waals surface area contributed by atoms with Crippen molar-refractivity contribution in [3.63, 3.8) is 0 Å². The maximum atomic E-state index is 13.2. The monoisotopic (exact) mass is 403 g/mol. The molecule has 1 aliphatic heterocycles. The number of aryl methyl sites for hydroxylation is 1. The van der Waals surface area contributed by atoms with E-state index in [4.69, 9.17) is 22.6 Å². The number of nitrogen functional groups attached to an aromatic ring is 1. The number of nitriles is 1. The Bertz CT molecular complexity index is 1060. The molecule has 140 valence electrons. The number of piperidine rings is 1. The van der Waals surface area contributed by atoms with Gasteiger partial charge in [-0.25, -0.2) is 18.4 Å². The third-order valence-corrected chi connectivity index (χ3v) is 7.81. The highest BCUT2D eigenvalue weighted by Crippen LogP contribution is 2.45. The SMILES string of the molecule is N#Cc1ccc(S(=O)(=O)N2CCCC3(CCc4cnc(N)nc43)C2)c(Cl)c1. The molecular weight excluding hydrogens is 386 g/mol. The smallest absolute Gasteiger partial charge is 0.244 e. The van der Waals surface area contributed by atoms with Crippen LogP contribution in [0.1, 0.15) is 36.1 Å². The molecule has 9 heteroatoms. The lowest BCUT2D eigenvalue weighted by molar-refractivity contribution is 0.219. The number of fused-ring (bicyclic) bond motifs is 2. The Balaban J connectivity index is 1.71. The quantitative estimate of drug-likeness (QED) is 0.822. The molecule has 4 rings (SSSR count). The predicted molar refractivity (Wildman–Crippen MR) is 101 cm³/mol. The van der Waals surface area contributed by atoms with Gasteiger partial charge in [0.2, 0.25) is 16.0 Å². The van der Waals surface area contributed by atoms with Crippen LogP contribution in [0.2, 0.25) is 5.02 Å². The first-order chi connectivity index (χ1) is 12.9. The maximum absolute atomic E-state index is 13.2. The molecule has 1 unspecified atom stereocenters. The van der Waals surface area contributed by atoms with Crippen molar-refractivity contribution in [2.45, 2.75) is 36.0 Å². The van der Waals surface area contributed by atoms with Gasteiger partial charge in [-0.05, 0) is 49.4 Å². The van der Waals surface area contributed by atoms with Gasteiger partial charge >= 0.3 is 0 Å². The molecule has 1 fully saturated rings. The lowest BCUT2D eigenvalue weighted by Gasteiger charge is -2.39. The van der Waals surface area contributed by atoms with Crippen molar-refractivity contribution in [1.29, 1.82) is 5.26 Å². The molecule has 2 N–H and O–H groups in total. The van der Waals surface area contributed by atoms with E-state index in [0.29, 0.717) is 18.7 Å². The van der Waals surface area contributed by atoms with Gasteiger partial charge in [-0.1, -0.05) is 11.6 Å². The minimum absolute atomic E-state index is 0.0284. The molecule has 1 aromatic heterocycles. The van der Waals surface area contributed by atoms with E-state index < -0.39 is 10.0 Å². The number of aromatic nitrogens is 2. The van der Waals surface area contributed by atoms with Gasteiger partial charge in [-0.15, -0.1) is 0 Å². The van der Waals surface area contributed by atoms with Gasteiger partial charge in [-0.2, -0.15) is 9.57 Å². The summed E-state index contributed by atoms with van der Waals surface area (Å²) in [7, 11) is -3.78. The van der Waals surface area contributed by atoms with Crippen molar-refractivity contribution < 1.29 is 8.42 Å². The summed E-state index contributed by atoms with van der Waals surface area (Å²) in [6.07, 6.45) is 4.99. The van der Waals surface area contributed by atoms with E-state index in [2.05, 4.69) is 9.97 Å². The summed E-state index contributed by atoms with van der Waals surface area (Å²) < 4.78 is 27.9. The molecule has 2 aliphatic rings.